The van der Waals surface area contributed by atoms with Crippen LogP contribution in [0.15, 0.2) is 12.1 Å². The molecule has 0 aromatic heterocycles. The predicted octanol–water partition coefficient (Wildman–Crippen LogP) is 3.28. The fourth-order valence-electron chi connectivity index (χ4n) is 2.00. The molecule has 0 aliphatic carbocycles. The van der Waals surface area contributed by atoms with Crippen molar-refractivity contribution in [2.24, 2.45) is 0 Å². The zero-order valence-electron chi connectivity index (χ0n) is 12.9. The number of amides is 1. The molecule has 3 heteroatoms. The summed E-state index contributed by atoms with van der Waals surface area (Å²) in [4.78, 5) is 13.1. The maximum Gasteiger partial charge on any atom is 0.259 e. The molecule has 1 amide bonds. The van der Waals surface area contributed by atoms with E-state index < -0.39 is 0 Å². The molecule has 1 unspecified atom stereocenters. The Bertz CT molecular complexity index is 452. The fourth-order valence-corrected chi connectivity index (χ4v) is 2.00. The lowest BCUT2D eigenvalue weighted by atomic mass is 9.91. The van der Waals surface area contributed by atoms with Crippen LogP contribution in [0, 0.1) is 13.8 Å². The molecule has 106 valence electrons. The van der Waals surface area contributed by atoms with Crippen molar-refractivity contribution in [3.05, 3.63) is 28.8 Å². The highest BCUT2D eigenvalue weighted by molar-refractivity contribution is 5.77. The van der Waals surface area contributed by atoms with Gasteiger partial charge in [0.05, 0.1) is 0 Å². The molecular weight excluding hydrogens is 238 g/mol. The van der Waals surface area contributed by atoms with Crippen LogP contribution in [0.25, 0.3) is 0 Å². The zero-order chi connectivity index (χ0) is 14.6. The Balaban J connectivity index is 2.88. The van der Waals surface area contributed by atoms with Crippen molar-refractivity contribution in [3.63, 3.8) is 0 Å². The van der Waals surface area contributed by atoms with Gasteiger partial charge in [0, 0.05) is 14.1 Å². The first-order valence-electron chi connectivity index (χ1n) is 6.81. The lowest BCUT2D eigenvalue weighted by Crippen LogP contribution is -2.27. The van der Waals surface area contributed by atoms with Gasteiger partial charge in [0.15, 0.2) is 6.61 Å². The van der Waals surface area contributed by atoms with E-state index in [1.165, 1.54) is 16.0 Å². The molecule has 0 saturated heterocycles. The van der Waals surface area contributed by atoms with Crippen molar-refractivity contribution in [2.45, 2.75) is 40.0 Å². The Morgan fingerprint density at radius 1 is 1.26 bits per heavy atom. The van der Waals surface area contributed by atoms with Crippen LogP contribution < -0.4 is 4.74 Å². The van der Waals surface area contributed by atoms with E-state index in [0.29, 0.717) is 5.92 Å². The van der Waals surface area contributed by atoms with Gasteiger partial charge in [-0.3, -0.25) is 4.79 Å². The van der Waals surface area contributed by atoms with Gasteiger partial charge >= 0.3 is 0 Å². The van der Waals surface area contributed by atoms with Crippen LogP contribution in [-0.4, -0.2) is 31.5 Å². The molecule has 0 radical (unpaired) electrons. The van der Waals surface area contributed by atoms with Gasteiger partial charge in [0.25, 0.3) is 5.91 Å². The molecule has 3 nitrogen and oxygen atoms in total. The minimum atomic E-state index is -0.0249. The topological polar surface area (TPSA) is 29.5 Å². The second-order valence-electron chi connectivity index (χ2n) is 5.29. The minimum Gasteiger partial charge on any atom is -0.483 e. The number of carbonyl (C=O) groups excluding carboxylic acids is 1. The molecule has 0 saturated carbocycles. The Morgan fingerprint density at radius 2 is 1.89 bits per heavy atom. The number of ether oxygens (including phenoxy) is 1. The highest BCUT2D eigenvalue weighted by Crippen LogP contribution is 2.30. The van der Waals surface area contributed by atoms with Crippen molar-refractivity contribution in [1.82, 2.24) is 4.90 Å². The Morgan fingerprint density at radius 3 is 2.42 bits per heavy atom. The highest BCUT2D eigenvalue weighted by Gasteiger charge is 2.13. The summed E-state index contributed by atoms with van der Waals surface area (Å²) >= 11 is 0. The maximum atomic E-state index is 11.5. The minimum absolute atomic E-state index is 0.0249. The van der Waals surface area contributed by atoms with Gasteiger partial charge in [0.1, 0.15) is 5.75 Å². The largest absolute Gasteiger partial charge is 0.483 e. The molecule has 19 heavy (non-hydrogen) atoms. The quantitative estimate of drug-likeness (QED) is 0.816. The van der Waals surface area contributed by atoms with Crippen LogP contribution >= 0.6 is 0 Å². The van der Waals surface area contributed by atoms with Gasteiger partial charge in [-0.25, -0.2) is 0 Å². The molecule has 0 N–H and O–H groups in total. The first-order chi connectivity index (χ1) is 8.88. The second-order valence-corrected chi connectivity index (χ2v) is 5.29. The van der Waals surface area contributed by atoms with E-state index >= 15 is 0 Å². The van der Waals surface area contributed by atoms with Crippen LogP contribution in [0.2, 0.25) is 0 Å². The van der Waals surface area contributed by atoms with Crippen LogP contribution in [0.5, 0.6) is 5.75 Å². The number of likely N-dealkylation sites (N-methyl/N-ethyl adjacent to an activating group) is 1. The van der Waals surface area contributed by atoms with Gasteiger partial charge in [-0.2, -0.15) is 0 Å². The smallest absolute Gasteiger partial charge is 0.259 e. The molecule has 0 aliphatic rings. The Labute approximate surface area is 116 Å². The molecule has 0 bridgehead atoms. The van der Waals surface area contributed by atoms with Gasteiger partial charge in [-0.05, 0) is 48.9 Å². The third-order valence-electron chi connectivity index (χ3n) is 3.77. The molecule has 1 atom stereocenters. The van der Waals surface area contributed by atoms with Crippen LogP contribution in [-0.2, 0) is 4.79 Å². The first-order valence-corrected chi connectivity index (χ1v) is 6.81. The van der Waals surface area contributed by atoms with E-state index in [2.05, 4.69) is 33.8 Å². The normalized spacial score (nSPS) is 12.1. The molecule has 1 rings (SSSR count). The lowest BCUT2D eigenvalue weighted by Gasteiger charge is -2.18. The second kappa shape index (κ2) is 6.60. The summed E-state index contributed by atoms with van der Waals surface area (Å²) in [6.45, 7) is 8.70. The van der Waals surface area contributed by atoms with Crippen molar-refractivity contribution in [1.29, 1.82) is 0 Å². The molecule has 1 aromatic carbocycles. The van der Waals surface area contributed by atoms with Gasteiger partial charge in [-0.15, -0.1) is 0 Å². The lowest BCUT2D eigenvalue weighted by molar-refractivity contribution is -0.130. The summed E-state index contributed by atoms with van der Waals surface area (Å²) in [5.74, 6) is 1.33. The number of nitrogens with zero attached hydrogens (tertiary/aromatic N) is 1. The summed E-state index contributed by atoms with van der Waals surface area (Å²) in [5, 5.41) is 0. The number of carbonyl (C=O) groups is 1. The summed E-state index contributed by atoms with van der Waals surface area (Å²) in [5.41, 5.74) is 3.76. The number of hydrogen-bond acceptors (Lipinski definition) is 2. The maximum absolute atomic E-state index is 11.5. The van der Waals surface area contributed by atoms with Crippen LogP contribution in [0.1, 0.15) is 42.9 Å². The molecule has 0 spiro atoms. The van der Waals surface area contributed by atoms with Gasteiger partial charge in [-0.1, -0.05) is 19.9 Å². The summed E-state index contributed by atoms with van der Waals surface area (Å²) < 4.78 is 5.62. The summed E-state index contributed by atoms with van der Waals surface area (Å²) in [6, 6.07) is 4.10. The van der Waals surface area contributed by atoms with Crippen molar-refractivity contribution >= 4 is 5.91 Å². The summed E-state index contributed by atoms with van der Waals surface area (Å²) in [7, 11) is 3.46. The fraction of sp³-hybridized carbons (Fsp3) is 0.562. The van der Waals surface area contributed by atoms with E-state index in [0.717, 1.165) is 17.7 Å². The Hall–Kier alpha value is -1.51. The van der Waals surface area contributed by atoms with Crippen LogP contribution in [0.4, 0.5) is 0 Å². The number of benzene rings is 1. The van der Waals surface area contributed by atoms with E-state index in [4.69, 9.17) is 4.74 Å². The summed E-state index contributed by atoms with van der Waals surface area (Å²) in [6.07, 6.45) is 1.12. The van der Waals surface area contributed by atoms with Crippen molar-refractivity contribution in [2.75, 3.05) is 20.7 Å². The van der Waals surface area contributed by atoms with Crippen molar-refractivity contribution < 1.29 is 9.53 Å². The average Bonchev–Trinajstić information content (AvgIpc) is 2.39. The van der Waals surface area contributed by atoms with E-state index in [1.807, 2.05) is 6.07 Å². The van der Waals surface area contributed by atoms with E-state index in [-0.39, 0.29) is 12.5 Å². The molecule has 0 aliphatic heterocycles. The highest BCUT2D eigenvalue weighted by atomic mass is 16.5. The van der Waals surface area contributed by atoms with Crippen LogP contribution in [0.3, 0.4) is 0 Å². The predicted molar refractivity (Wildman–Crippen MR) is 78.8 cm³/mol. The van der Waals surface area contributed by atoms with Gasteiger partial charge < -0.3 is 9.64 Å². The van der Waals surface area contributed by atoms with Crippen molar-refractivity contribution in [3.8, 4) is 5.75 Å². The number of hydrogen-bond donors (Lipinski definition) is 0. The van der Waals surface area contributed by atoms with E-state index in [1.54, 1.807) is 14.1 Å². The monoisotopic (exact) mass is 263 g/mol. The van der Waals surface area contributed by atoms with E-state index in [9.17, 15) is 4.79 Å². The Kier molecular flexibility index (Phi) is 5.40. The first kappa shape index (κ1) is 15.5. The average molecular weight is 263 g/mol. The third kappa shape index (κ3) is 3.72. The molecule has 0 fully saturated rings. The standard InChI is InChI=1S/C16H25NO2/c1-7-11(2)14-8-9-15(13(4)12(14)3)19-10-16(18)17(5)6/h8-9,11H,7,10H2,1-6H3. The van der Waals surface area contributed by atoms with Gasteiger partial charge in [0.2, 0.25) is 0 Å². The molecule has 1 aromatic rings. The SMILES string of the molecule is CCC(C)c1ccc(OCC(=O)N(C)C)c(C)c1C. The molecule has 0 heterocycles. The number of rotatable bonds is 5. The molecular formula is C16H25NO2. The zero-order valence-corrected chi connectivity index (χ0v) is 12.9. The third-order valence-corrected chi connectivity index (χ3v) is 3.77.